The molecule has 82 valence electrons. The topological polar surface area (TPSA) is 20.2 Å². The van der Waals surface area contributed by atoms with Crippen molar-refractivity contribution in [2.24, 2.45) is 5.92 Å². The van der Waals surface area contributed by atoms with Gasteiger partial charge in [-0.25, -0.2) is 0 Å². The third kappa shape index (κ3) is 2.93. The summed E-state index contributed by atoms with van der Waals surface area (Å²) in [5.41, 5.74) is 1.19. The second-order valence-corrected chi connectivity index (χ2v) is 4.05. The minimum Gasteiger partial charge on any atom is -0.388 e. The summed E-state index contributed by atoms with van der Waals surface area (Å²) in [6, 6.07) is 10.2. The summed E-state index contributed by atoms with van der Waals surface area (Å²) in [7, 11) is 0. The lowest BCUT2D eigenvalue weighted by molar-refractivity contribution is 0.160. The first-order valence-corrected chi connectivity index (χ1v) is 5.56. The molecule has 0 aromatic heterocycles. The van der Waals surface area contributed by atoms with Crippen LogP contribution in [0.15, 0.2) is 43.0 Å². The SMILES string of the molecule is C=CC(O)C(c1ccccc1)C(C)CC. The van der Waals surface area contributed by atoms with Gasteiger partial charge in [0.15, 0.2) is 0 Å². The molecule has 1 heteroatoms. The second-order valence-electron chi connectivity index (χ2n) is 4.05. The number of benzene rings is 1. The molecular formula is C14H20O. The largest absolute Gasteiger partial charge is 0.388 e. The Labute approximate surface area is 92.5 Å². The van der Waals surface area contributed by atoms with Crippen LogP contribution in [0.2, 0.25) is 0 Å². The predicted molar refractivity (Wildman–Crippen MR) is 64.8 cm³/mol. The molecule has 1 N–H and O–H groups in total. The van der Waals surface area contributed by atoms with E-state index in [0.29, 0.717) is 5.92 Å². The third-order valence-corrected chi connectivity index (χ3v) is 3.05. The van der Waals surface area contributed by atoms with Crippen molar-refractivity contribution in [2.45, 2.75) is 32.3 Å². The van der Waals surface area contributed by atoms with Crippen LogP contribution < -0.4 is 0 Å². The molecule has 0 bridgehead atoms. The fraction of sp³-hybridized carbons (Fsp3) is 0.429. The summed E-state index contributed by atoms with van der Waals surface area (Å²) in [5.74, 6) is 0.620. The van der Waals surface area contributed by atoms with E-state index >= 15 is 0 Å². The quantitative estimate of drug-likeness (QED) is 0.729. The molecule has 1 rings (SSSR count). The highest BCUT2D eigenvalue weighted by Gasteiger charge is 2.23. The van der Waals surface area contributed by atoms with Crippen molar-refractivity contribution in [1.82, 2.24) is 0 Å². The van der Waals surface area contributed by atoms with E-state index in [2.05, 4.69) is 32.6 Å². The van der Waals surface area contributed by atoms with Crippen LogP contribution in [0.25, 0.3) is 0 Å². The van der Waals surface area contributed by atoms with E-state index in [4.69, 9.17) is 0 Å². The summed E-state index contributed by atoms with van der Waals surface area (Å²) < 4.78 is 0. The average molecular weight is 204 g/mol. The Balaban J connectivity index is 2.96. The lowest BCUT2D eigenvalue weighted by atomic mass is 9.81. The molecule has 15 heavy (non-hydrogen) atoms. The molecule has 0 saturated heterocycles. The smallest absolute Gasteiger partial charge is 0.0789 e. The molecular weight excluding hydrogens is 184 g/mol. The van der Waals surface area contributed by atoms with Gasteiger partial charge in [-0.15, -0.1) is 6.58 Å². The fourth-order valence-corrected chi connectivity index (χ4v) is 1.94. The van der Waals surface area contributed by atoms with Crippen molar-refractivity contribution in [1.29, 1.82) is 0 Å². The predicted octanol–water partition coefficient (Wildman–Crippen LogP) is 3.36. The lowest BCUT2D eigenvalue weighted by Crippen LogP contribution is -2.22. The Hall–Kier alpha value is -1.08. The van der Waals surface area contributed by atoms with Crippen LogP contribution in [0.3, 0.4) is 0 Å². The van der Waals surface area contributed by atoms with Gasteiger partial charge in [0.25, 0.3) is 0 Å². The molecule has 0 aliphatic carbocycles. The van der Waals surface area contributed by atoms with Gasteiger partial charge in [-0.3, -0.25) is 0 Å². The first kappa shape index (κ1) is 12.0. The molecule has 0 saturated carbocycles. The molecule has 0 spiro atoms. The standard InChI is InChI=1S/C14H20O/c1-4-11(3)14(13(15)5-2)12-9-7-6-8-10-12/h5-11,13-15H,2,4H2,1,3H3. The van der Waals surface area contributed by atoms with Crippen LogP contribution in [-0.2, 0) is 0 Å². The van der Waals surface area contributed by atoms with Crippen molar-refractivity contribution in [2.75, 3.05) is 0 Å². The molecule has 1 aromatic rings. The van der Waals surface area contributed by atoms with Gasteiger partial charge in [0.2, 0.25) is 0 Å². The molecule has 0 radical (unpaired) electrons. The van der Waals surface area contributed by atoms with E-state index < -0.39 is 6.10 Å². The third-order valence-electron chi connectivity index (χ3n) is 3.05. The van der Waals surface area contributed by atoms with Gasteiger partial charge in [0, 0.05) is 5.92 Å². The summed E-state index contributed by atoms with van der Waals surface area (Å²) in [4.78, 5) is 0. The molecule has 0 aliphatic rings. The number of hydrogen-bond donors (Lipinski definition) is 1. The maximum absolute atomic E-state index is 9.95. The van der Waals surface area contributed by atoms with Crippen molar-refractivity contribution >= 4 is 0 Å². The van der Waals surface area contributed by atoms with Gasteiger partial charge < -0.3 is 5.11 Å². The number of aliphatic hydroxyl groups is 1. The first-order valence-electron chi connectivity index (χ1n) is 5.56. The monoisotopic (exact) mass is 204 g/mol. The molecule has 0 amide bonds. The Morgan fingerprint density at radius 1 is 1.33 bits per heavy atom. The van der Waals surface area contributed by atoms with Gasteiger partial charge in [-0.1, -0.05) is 56.7 Å². The summed E-state index contributed by atoms with van der Waals surface area (Å²) in [6.45, 7) is 7.99. The van der Waals surface area contributed by atoms with E-state index in [-0.39, 0.29) is 5.92 Å². The molecule has 1 aromatic carbocycles. The Bertz CT molecular complexity index is 291. The lowest BCUT2D eigenvalue weighted by Gasteiger charge is -2.26. The summed E-state index contributed by atoms with van der Waals surface area (Å²) in [6.07, 6.45) is 2.23. The van der Waals surface area contributed by atoms with Gasteiger partial charge in [0.1, 0.15) is 0 Å². The minimum atomic E-state index is -0.456. The van der Waals surface area contributed by atoms with Crippen LogP contribution >= 0.6 is 0 Å². The first-order chi connectivity index (χ1) is 7.20. The fourth-order valence-electron chi connectivity index (χ4n) is 1.94. The molecule has 3 atom stereocenters. The van der Waals surface area contributed by atoms with Gasteiger partial charge in [-0.05, 0) is 11.5 Å². The Morgan fingerprint density at radius 3 is 2.40 bits per heavy atom. The van der Waals surface area contributed by atoms with E-state index in [1.54, 1.807) is 6.08 Å². The Kier molecular flexibility index (Phi) is 4.57. The summed E-state index contributed by atoms with van der Waals surface area (Å²) in [5, 5.41) is 9.95. The van der Waals surface area contributed by atoms with Crippen molar-refractivity contribution in [3.63, 3.8) is 0 Å². The molecule has 0 aliphatic heterocycles. The maximum Gasteiger partial charge on any atom is 0.0789 e. The van der Waals surface area contributed by atoms with E-state index in [1.807, 2.05) is 18.2 Å². The minimum absolute atomic E-state index is 0.161. The second kappa shape index (κ2) is 5.72. The highest BCUT2D eigenvalue weighted by molar-refractivity contribution is 5.22. The highest BCUT2D eigenvalue weighted by Crippen LogP contribution is 2.30. The van der Waals surface area contributed by atoms with Crippen LogP contribution in [0.5, 0.6) is 0 Å². The molecule has 3 unspecified atom stereocenters. The van der Waals surface area contributed by atoms with E-state index in [1.165, 1.54) is 5.56 Å². The molecule has 0 heterocycles. The number of hydrogen-bond acceptors (Lipinski definition) is 1. The zero-order valence-electron chi connectivity index (χ0n) is 9.56. The Morgan fingerprint density at radius 2 is 1.93 bits per heavy atom. The zero-order chi connectivity index (χ0) is 11.3. The zero-order valence-corrected chi connectivity index (χ0v) is 9.56. The highest BCUT2D eigenvalue weighted by atomic mass is 16.3. The summed E-state index contributed by atoms with van der Waals surface area (Å²) >= 11 is 0. The van der Waals surface area contributed by atoms with Crippen LogP contribution in [-0.4, -0.2) is 11.2 Å². The average Bonchev–Trinajstić information content (AvgIpc) is 2.30. The van der Waals surface area contributed by atoms with Crippen molar-refractivity contribution < 1.29 is 5.11 Å². The van der Waals surface area contributed by atoms with Crippen LogP contribution in [0, 0.1) is 5.92 Å². The van der Waals surface area contributed by atoms with Crippen LogP contribution in [0.1, 0.15) is 31.7 Å². The van der Waals surface area contributed by atoms with Crippen LogP contribution in [0.4, 0.5) is 0 Å². The van der Waals surface area contributed by atoms with Gasteiger partial charge >= 0.3 is 0 Å². The normalized spacial score (nSPS) is 16.7. The molecule has 1 nitrogen and oxygen atoms in total. The number of aliphatic hydroxyl groups excluding tert-OH is 1. The maximum atomic E-state index is 9.95. The molecule has 0 fully saturated rings. The van der Waals surface area contributed by atoms with Crippen molar-refractivity contribution in [3.8, 4) is 0 Å². The van der Waals surface area contributed by atoms with Gasteiger partial charge in [0.05, 0.1) is 6.10 Å². The van der Waals surface area contributed by atoms with E-state index in [9.17, 15) is 5.11 Å². The van der Waals surface area contributed by atoms with Gasteiger partial charge in [-0.2, -0.15) is 0 Å². The number of rotatable bonds is 5. The van der Waals surface area contributed by atoms with E-state index in [0.717, 1.165) is 6.42 Å². The van der Waals surface area contributed by atoms with Crippen molar-refractivity contribution in [3.05, 3.63) is 48.6 Å².